The molecular weight excluding hydrogens is 376 g/mol. The maximum Gasteiger partial charge on any atom is 0.340 e. The third kappa shape index (κ3) is 5.62. The molecule has 0 bridgehead atoms. The summed E-state index contributed by atoms with van der Waals surface area (Å²) >= 11 is 0. The molecule has 2 aliphatic rings. The highest BCUT2D eigenvalue weighted by Crippen LogP contribution is 2.35. The van der Waals surface area contributed by atoms with Gasteiger partial charge in [-0.15, -0.1) is 0 Å². The van der Waals surface area contributed by atoms with Gasteiger partial charge in [0, 0.05) is 24.1 Å². The van der Waals surface area contributed by atoms with Crippen LogP contribution in [0.25, 0.3) is 0 Å². The van der Waals surface area contributed by atoms with Crippen molar-refractivity contribution in [1.29, 1.82) is 0 Å². The first-order chi connectivity index (χ1) is 14.0. The normalized spacial score (nSPS) is 16.6. The second-order valence-corrected chi connectivity index (χ2v) is 7.49. The van der Waals surface area contributed by atoms with Crippen LogP contribution in [0, 0.1) is 5.92 Å². The highest BCUT2D eigenvalue weighted by molar-refractivity contribution is 6.03. The summed E-state index contributed by atoms with van der Waals surface area (Å²) in [6.45, 7) is -0.375. The molecule has 8 nitrogen and oxygen atoms in total. The van der Waals surface area contributed by atoms with E-state index in [1.807, 2.05) is 0 Å². The second-order valence-electron chi connectivity index (χ2n) is 7.49. The SMILES string of the molecule is COc1cc(NC(=O)C2CCCCC2)c(C(=O)OCC(=O)NC2CC2)cc1OC. The first kappa shape index (κ1) is 21.0. The largest absolute Gasteiger partial charge is 0.493 e. The number of benzene rings is 1. The van der Waals surface area contributed by atoms with Crippen molar-refractivity contribution in [3.05, 3.63) is 17.7 Å². The Hall–Kier alpha value is -2.77. The van der Waals surface area contributed by atoms with E-state index in [0.717, 1.165) is 44.9 Å². The summed E-state index contributed by atoms with van der Waals surface area (Å²) in [7, 11) is 2.93. The molecule has 0 spiro atoms. The molecule has 0 saturated heterocycles. The molecule has 2 amide bonds. The number of methoxy groups -OCH3 is 2. The Morgan fingerprint density at radius 2 is 1.62 bits per heavy atom. The van der Waals surface area contributed by atoms with E-state index in [1.54, 1.807) is 6.07 Å². The third-order valence-electron chi connectivity index (χ3n) is 5.25. The number of rotatable bonds is 8. The van der Waals surface area contributed by atoms with Crippen LogP contribution in [0.5, 0.6) is 11.5 Å². The van der Waals surface area contributed by atoms with Crippen LogP contribution < -0.4 is 20.1 Å². The Bertz CT molecular complexity index is 769. The maximum absolute atomic E-state index is 12.7. The van der Waals surface area contributed by atoms with Crippen LogP contribution in [0.1, 0.15) is 55.3 Å². The molecular formula is C21H28N2O6. The van der Waals surface area contributed by atoms with E-state index < -0.39 is 5.97 Å². The number of anilines is 1. The smallest absolute Gasteiger partial charge is 0.340 e. The molecule has 158 valence electrons. The van der Waals surface area contributed by atoms with Gasteiger partial charge in [-0.05, 0) is 25.7 Å². The van der Waals surface area contributed by atoms with Crippen molar-refractivity contribution in [2.45, 2.75) is 51.0 Å². The Kier molecular flexibility index (Phi) is 6.95. The van der Waals surface area contributed by atoms with Gasteiger partial charge in [-0.25, -0.2) is 4.79 Å². The number of ether oxygens (including phenoxy) is 3. The maximum atomic E-state index is 12.7. The Labute approximate surface area is 170 Å². The van der Waals surface area contributed by atoms with Crippen LogP contribution >= 0.6 is 0 Å². The monoisotopic (exact) mass is 404 g/mol. The summed E-state index contributed by atoms with van der Waals surface area (Å²) in [6.07, 6.45) is 6.75. The number of nitrogens with one attached hydrogen (secondary N) is 2. The fourth-order valence-corrected chi connectivity index (χ4v) is 3.46. The Morgan fingerprint density at radius 1 is 0.966 bits per heavy atom. The summed E-state index contributed by atoms with van der Waals surface area (Å²) in [5.74, 6) is -0.542. The van der Waals surface area contributed by atoms with E-state index in [-0.39, 0.29) is 41.6 Å². The van der Waals surface area contributed by atoms with Crippen LogP contribution in [0.4, 0.5) is 5.69 Å². The van der Waals surface area contributed by atoms with E-state index in [4.69, 9.17) is 14.2 Å². The fourth-order valence-electron chi connectivity index (χ4n) is 3.46. The number of carbonyl (C=O) groups excluding carboxylic acids is 3. The lowest BCUT2D eigenvalue weighted by atomic mass is 9.88. The molecule has 0 unspecified atom stereocenters. The topological polar surface area (TPSA) is 103 Å². The first-order valence-corrected chi connectivity index (χ1v) is 10.0. The standard InChI is InChI=1S/C21H28N2O6/c1-27-17-10-15(21(26)29-12-19(24)22-14-8-9-14)16(11-18(17)28-2)23-20(25)13-6-4-3-5-7-13/h10-11,13-14H,3-9,12H2,1-2H3,(H,22,24)(H,23,25). The van der Waals surface area contributed by atoms with Crippen LogP contribution in [-0.2, 0) is 14.3 Å². The van der Waals surface area contributed by atoms with Crippen LogP contribution in [0.15, 0.2) is 12.1 Å². The molecule has 8 heteroatoms. The number of carbonyl (C=O) groups is 3. The van der Waals surface area contributed by atoms with Gasteiger partial charge in [-0.2, -0.15) is 0 Å². The fraction of sp³-hybridized carbons (Fsp3) is 0.571. The lowest BCUT2D eigenvalue weighted by Gasteiger charge is -2.22. The Balaban J connectivity index is 1.75. The summed E-state index contributed by atoms with van der Waals surface area (Å²) in [6, 6.07) is 3.18. The molecule has 0 heterocycles. The molecule has 29 heavy (non-hydrogen) atoms. The van der Waals surface area contributed by atoms with Gasteiger partial charge in [0.25, 0.3) is 5.91 Å². The summed E-state index contributed by atoms with van der Waals surface area (Å²) in [5, 5.41) is 5.60. The van der Waals surface area contributed by atoms with Gasteiger partial charge in [0.15, 0.2) is 18.1 Å². The minimum absolute atomic E-state index is 0.0787. The minimum atomic E-state index is -0.712. The summed E-state index contributed by atoms with van der Waals surface area (Å²) in [4.78, 5) is 37.2. The predicted octanol–water partition coefficient (Wildman–Crippen LogP) is 2.66. The van der Waals surface area contributed by atoms with Crippen LogP contribution in [-0.4, -0.2) is 44.7 Å². The molecule has 0 atom stereocenters. The highest BCUT2D eigenvalue weighted by atomic mass is 16.5. The number of hydrogen-bond donors (Lipinski definition) is 2. The first-order valence-electron chi connectivity index (χ1n) is 10.0. The van der Waals surface area contributed by atoms with Crippen LogP contribution in [0.2, 0.25) is 0 Å². The molecule has 0 aliphatic heterocycles. The van der Waals surface area contributed by atoms with Crippen molar-refractivity contribution in [3.63, 3.8) is 0 Å². The lowest BCUT2D eigenvalue weighted by molar-refractivity contribution is -0.124. The minimum Gasteiger partial charge on any atom is -0.493 e. The quantitative estimate of drug-likeness (QED) is 0.646. The molecule has 1 aromatic rings. The van der Waals surface area contributed by atoms with Crippen molar-refractivity contribution in [2.24, 2.45) is 5.92 Å². The highest BCUT2D eigenvalue weighted by Gasteiger charge is 2.26. The van der Waals surface area contributed by atoms with Gasteiger partial charge in [0.1, 0.15) is 0 Å². The number of hydrogen-bond acceptors (Lipinski definition) is 6. The number of esters is 1. The van der Waals surface area contributed by atoms with Crippen molar-refractivity contribution < 1.29 is 28.6 Å². The molecule has 1 aromatic carbocycles. The van der Waals surface area contributed by atoms with Gasteiger partial charge < -0.3 is 24.8 Å². The summed E-state index contributed by atoms with van der Waals surface area (Å²) in [5.41, 5.74) is 0.400. The van der Waals surface area contributed by atoms with Crippen molar-refractivity contribution in [2.75, 3.05) is 26.1 Å². The van der Waals surface area contributed by atoms with E-state index in [0.29, 0.717) is 11.5 Å². The van der Waals surface area contributed by atoms with Crippen molar-refractivity contribution >= 4 is 23.5 Å². The molecule has 3 rings (SSSR count). The molecule has 0 radical (unpaired) electrons. The average Bonchev–Trinajstić information content (AvgIpc) is 3.56. The predicted molar refractivity (Wildman–Crippen MR) is 106 cm³/mol. The van der Waals surface area contributed by atoms with Crippen molar-refractivity contribution in [1.82, 2.24) is 5.32 Å². The van der Waals surface area contributed by atoms with Gasteiger partial charge >= 0.3 is 5.97 Å². The summed E-state index contributed by atoms with van der Waals surface area (Å²) < 4.78 is 15.7. The zero-order valence-corrected chi connectivity index (χ0v) is 16.9. The van der Waals surface area contributed by atoms with E-state index in [9.17, 15) is 14.4 Å². The van der Waals surface area contributed by atoms with Crippen LogP contribution in [0.3, 0.4) is 0 Å². The lowest BCUT2D eigenvalue weighted by Crippen LogP contribution is -2.30. The molecule has 0 aromatic heterocycles. The average molecular weight is 404 g/mol. The molecule has 2 fully saturated rings. The molecule has 2 saturated carbocycles. The second kappa shape index (κ2) is 9.62. The van der Waals surface area contributed by atoms with E-state index in [1.165, 1.54) is 20.3 Å². The van der Waals surface area contributed by atoms with Gasteiger partial charge in [0.05, 0.1) is 25.5 Å². The Morgan fingerprint density at radius 3 is 2.24 bits per heavy atom. The van der Waals surface area contributed by atoms with Gasteiger partial charge in [-0.3, -0.25) is 9.59 Å². The zero-order chi connectivity index (χ0) is 20.8. The van der Waals surface area contributed by atoms with E-state index in [2.05, 4.69) is 10.6 Å². The van der Waals surface area contributed by atoms with E-state index >= 15 is 0 Å². The van der Waals surface area contributed by atoms with Crippen molar-refractivity contribution in [3.8, 4) is 11.5 Å². The third-order valence-corrected chi connectivity index (χ3v) is 5.25. The zero-order valence-electron chi connectivity index (χ0n) is 16.9. The van der Waals surface area contributed by atoms with Gasteiger partial charge in [-0.1, -0.05) is 19.3 Å². The molecule has 2 aliphatic carbocycles. The molecule has 2 N–H and O–H groups in total. The van der Waals surface area contributed by atoms with Gasteiger partial charge in [0.2, 0.25) is 5.91 Å². The number of amides is 2.